The number of rotatable bonds is 8. The first-order chi connectivity index (χ1) is 24.0. The number of benzene rings is 2. The van der Waals surface area contributed by atoms with Crippen LogP contribution in [0.4, 0.5) is 0 Å². The molecule has 0 aromatic heterocycles. The minimum atomic E-state index is -1.46. The molecule has 1 aliphatic carbocycles. The second-order valence-electron chi connectivity index (χ2n) is 14.8. The number of phenolic OH excluding ortho intramolecular Hbond substituents is 2. The van der Waals surface area contributed by atoms with Gasteiger partial charge in [0.05, 0.1) is 47.4 Å². The summed E-state index contributed by atoms with van der Waals surface area (Å²) in [6.45, 7) is 9.96. The van der Waals surface area contributed by atoms with Crippen molar-refractivity contribution in [2.75, 3.05) is 0 Å². The number of carbonyl (C=O) groups excluding carboxylic acids is 2. The Labute approximate surface area is 296 Å². The fraction of sp³-hybridized carbons (Fsp3) is 0.676. The monoisotopic (exact) mass is 718 g/mol. The molecule has 14 heteroatoms. The maximum absolute atomic E-state index is 13.6. The molecule has 4 aliphatic rings. The number of fused-ring (bicyclic) bond motifs is 2. The van der Waals surface area contributed by atoms with Crippen LogP contribution in [0.3, 0.4) is 0 Å². The van der Waals surface area contributed by atoms with E-state index in [9.17, 15) is 35.1 Å². The normalized spacial score (nSPS) is 38.8. The number of aliphatic hydroxyl groups is 3. The van der Waals surface area contributed by atoms with Crippen LogP contribution >= 0.6 is 0 Å². The van der Waals surface area contributed by atoms with Gasteiger partial charge in [0.15, 0.2) is 30.8 Å². The molecule has 3 saturated heterocycles. The molecular formula is C37H50O14. The molecule has 0 amide bonds. The van der Waals surface area contributed by atoms with Crippen LogP contribution in [0.5, 0.6) is 11.5 Å². The third kappa shape index (κ3) is 7.75. The van der Waals surface area contributed by atoms with Crippen molar-refractivity contribution in [2.45, 2.75) is 153 Å². The van der Waals surface area contributed by atoms with Crippen molar-refractivity contribution >= 4 is 22.5 Å². The Morgan fingerprint density at radius 2 is 1.49 bits per heavy atom. The molecule has 282 valence electrons. The number of aryl methyl sites for hydroxylation is 1. The summed E-state index contributed by atoms with van der Waals surface area (Å²) in [4.78, 5) is 25.9. The summed E-state index contributed by atoms with van der Waals surface area (Å²) in [5, 5.41) is 55.5. The predicted molar refractivity (Wildman–Crippen MR) is 179 cm³/mol. The lowest BCUT2D eigenvalue weighted by atomic mass is 9.85. The maximum atomic E-state index is 13.6. The molecule has 0 unspecified atom stereocenters. The number of carbonyl (C=O) groups is 2. The van der Waals surface area contributed by atoms with Gasteiger partial charge < -0.3 is 58.7 Å². The van der Waals surface area contributed by atoms with Crippen LogP contribution in [0.1, 0.15) is 83.1 Å². The highest BCUT2D eigenvalue weighted by molar-refractivity contribution is 6.10. The lowest BCUT2D eigenvalue weighted by Crippen LogP contribution is -2.59. The molecule has 0 spiro atoms. The van der Waals surface area contributed by atoms with E-state index in [4.69, 9.17) is 33.2 Å². The Kier molecular flexibility index (Phi) is 11.0. The summed E-state index contributed by atoms with van der Waals surface area (Å²) in [6, 6.07) is 6.67. The SMILES string of the molecule is CC(C)C(=O)O[C@H]1[C@H](C)O[C@@H](O[C@@H]2C[C@H](O[C@@H]3C[C@H](O[C@@H]4CCc5cc6cccc(O)c6c(O)c5C4=O)O[C@H](C)[C@H]3O)O[C@H](C)[C@H]2O)C[C@]1(C)O. The topological polar surface area (TPSA) is 200 Å². The molecule has 3 heterocycles. The minimum Gasteiger partial charge on any atom is -0.507 e. The lowest BCUT2D eigenvalue weighted by Gasteiger charge is -2.46. The van der Waals surface area contributed by atoms with E-state index in [0.717, 1.165) is 0 Å². The molecule has 13 atom stereocenters. The molecule has 51 heavy (non-hydrogen) atoms. The van der Waals surface area contributed by atoms with Crippen molar-refractivity contribution in [1.29, 1.82) is 0 Å². The average Bonchev–Trinajstić information content (AvgIpc) is 3.04. The number of ketones is 1. The summed E-state index contributed by atoms with van der Waals surface area (Å²) < 4.78 is 42.0. The molecule has 2 aromatic rings. The van der Waals surface area contributed by atoms with Gasteiger partial charge in [-0.2, -0.15) is 0 Å². The van der Waals surface area contributed by atoms with Gasteiger partial charge in [-0.1, -0.05) is 32.0 Å². The summed E-state index contributed by atoms with van der Waals surface area (Å²) in [5.74, 6) is -1.68. The Morgan fingerprint density at radius 1 is 0.902 bits per heavy atom. The summed E-state index contributed by atoms with van der Waals surface area (Å²) in [7, 11) is 0. The van der Waals surface area contributed by atoms with Crippen LogP contribution in [0.2, 0.25) is 0 Å². The fourth-order valence-electron chi connectivity index (χ4n) is 7.57. The van der Waals surface area contributed by atoms with Gasteiger partial charge in [0.25, 0.3) is 0 Å². The van der Waals surface area contributed by atoms with Crippen molar-refractivity contribution in [2.24, 2.45) is 5.92 Å². The highest BCUT2D eigenvalue weighted by atomic mass is 16.7. The molecule has 0 radical (unpaired) electrons. The third-order valence-corrected chi connectivity index (χ3v) is 10.4. The predicted octanol–water partition coefficient (Wildman–Crippen LogP) is 2.98. The lowest BCUT2D eigenvalue weighted by molar-refractivity contribution is -0.334. The molecule has 5 N–H and O–H groups in total. The van der Waals surface area contributed by atoms with E-state index in [1.807, 2.05) is 0 Å². The Bertz CT molecular complexity index is 1590. The smallest absolute Gasteiger partial charge is 0.308 e. The maximum Gasteiger partial charge on any atom is 0.308 e. The number of hydrogen-bond donors (Lipinski definition) is 5. The van der Waals surface area contributed by atoms with Crippen molar-refractivity contribution in [3.63, 3.8) is 0 Å². The number of aromatic hydroxyl groups is 2. The standard InChI is InChI=1S/C37H50O14/c1-16(2)36(43)51-35-19(5)47-28(15-37(35,6)44)50-25-14-27(46-18(4)32(25)40)49-24-13-26(45-17(3)31(24)39)48-23-11-10-21-12-20-8-7-9-22(38)29(20)34(42)30(21)33(23)41/h7-9,12,16-19,23-28,31-32,35,38-40,42,44H,10-11,13-15H2,1-6H3/t17-,18-,19+,23-,24-,25-,26+,27+,28+,31-,32-,35+,37+/m1/s1. The van der Waals surface area contributed by atoms with Crippen molar-refractivity contribution in [3.05, 3.63) is 35.4 Å². The average molecular weight is 719 g/mol. The number of hydrogen-bond acceptors (Lipinski definition) is 14. The van der Waals surface area contributed by atoms with E-state index in [1.165, 1.54) is 6.07 Å². The summed E-state index contributed by atoms with van der Waals surface area (Å²) in [5.41, 5.74) is -0.687. The zero-order chi connectivity index (χ0) is 36.9. The van der Waals surface area contributed by atoms with E-state index in [2.05, 4.69) is 0 Å². The van der Waals surface area contributed by atoms with E-state index in [-0.39, 0.29) is 47.6 Å². The van der Waals surface area contributed by atoms with Crippen molar-refractivity contribution < 1.29 is 68.3 Å². The van der Waals surface area contributed by atoms with Gasteiger partial charge in [-0.05, 0) is 57.6 Å². The largest absolute Gasteiger partial charge is 0.507 e. The fourth-order valence-corrected chi connectivity index (χ4v) is 7.57. The quantitative estimate of drug-likeness (QED) is 0.250. The Morgan fingerprint density at radius 3 is 2.10 bits per heavy atom. The number of phenols is 2. The second kappa shape index (κ2) is 14.8. The van der Waals surface area contributed by atoms with Crippen LogP contribution in [0.25, 0.3) is 10.8 Å². The first kappa shape index (κ1) is 37.8. The molecule has 0 bridgehead atoms. The van der Waals surface area contributed by atoms with Gasteiger partial charge in [-0.15, -0.1) is 0 Å². The molecule has 14 nitrogen and oxygen atoms in total. The number of ether oxygens (including phenoxy) is 7. The van der Waals surface area contributed by atoms with Crippen LogP contribution in [0.15, 0.2) is 24.3 Å². The minimum absolute atomic E-state index is 0.0217. The third-order valence-electron chi connectivity index (χ3n) is 10.4. The number of aliphatic hydroxyl groups excluding tert-OH is 2. The van der Waals surface area contributed by atoms with Crippen molar-refractivity contribution in [3.8, 4) is 11.5 Å². The van der Waals surface area contributed by atoms with Crippen LogP contribution in [0, 0.1) is 5.92 Å². The van der Waals surface area contributed by atoms with Crippen LogP contribution in [-0.4, -0.2) is 117 Å². The highest BCUT2D eigenvalue weighted by Crippen LogP contribution is 2.41. The molecule has 6 rings (SSSR count). The number of esters is 1. The highest BCUT2D eigenvalue weighted by Gasteiger charge is 2.50. The van der Waals surface area contributed by atoms with Gasteiger partial charge in [-0.25, -0.2) is 0 Å². The van der Waals surface area contributed by atoms with Gasteiger partial charge in [0, 0.05) is 19.3 Å². The van der Waals surface area contributed by atoms with E-state index in [1.54, 1.807) is 59.7 Å². The molecular weight excluding hydrogens is 668 g/mol. The van der Waals surface area contributed by atoms with E-state index in [0.29, 0.717) is 23.8 Å². The van der Waals surface area contributed by atoms with Gasteiger partial charge >= 0.3 is 5.97 Å². The van der Waals surface area contributed by atoms with Crippen LogP contribution < -0.4 is 0 Å². The molecule has 3 fully saturated rings. The molecule has 2 aromatic carbocycles. The van der Waals surface area contributed by atoms with Gasteiger partial charge in [0.2, 0.25) is 0 Å². The van der Waals surface area contributed by atoms with Gasteiger partial charge in [0.1, 0.15) is 35.4 Å². The summed E-state index contributed by atoms with van der Waals surface area (Å²) >= 11 is 0. The molecule has 0 saturated carbocycles. The Hall–Kier alpha value is -2.92. The number of Topliss-reactive ketones (excluding diaryl/α,β-unsaturated/α-hetero) is 1. The Balaban J connectivity index is 1.09. The zero-order valence-electron chi connectivity index (χ0n) is 29.8. The second-order valence-corrected chi connectivity index (χ2v) is 14.8. The summed E-state index contributed by atoms with van der Waals surface area (Å²) in [6.07, 6.45) is -9.69. The first-order valence-corrected chi connectivity index (χ1v) is 17.8. The van der Waals surface area contributed by atoms with E-state index < -0.39 is 91.2 Å². The first-order valence-electron chi connectivity index (χ1n) is 17.8. The van der Waals surface area contributed by atoms with Crippen molar-refractivity contribution in [1.82, 2.24) is 0 Å². The van der Waals surface area contributed by atoms with E-state index >= 15 is 0 Å². The molecule has 3 aliphatic heterocycles. The zero-order valence-corrected chi connectivity index (χ0v) is 29.8. The van der Waals surface area contributed by atoms with Gasteiger partial charge in [-0.3, -0.25) is 9.59 Å². The van der Waals surface area contributed by atoms with Crippen LogP contribution in [-0.2, 0) is 44.4 Å².